The first-order valence-corrected chi connectivity index (χ1v) is 30.6. The number of likely N-dealkylation sites (tertiary alicyclic amines) is 1. The predicted octanol–water partition coefficient (Wildman–Crippen LogP) is 6.42. The third-order valence-electron chi connectivity index (χ3n) is 17.2. The summed E-state index contributed by atoms with van der Waals surface area (Å²) in [6.45, 7) is 15.1. The van der Waals surface area contributed by atoms with Gasteiger partial charge in [-0.1, -0.05) is 63.8 Å². The molecule has 436 valence electrons. The van der Waals surface area contributed by atoms with Gasteiger partial charge in [-0.2, -0.15) is 0 Å². The normalized spacial score (nSPS) is 24.3. The number of carbonyl (C=O) groups is 4. The van der Waals surface area contributed by atoms with Gasteiger partial charge in [0.05, 0.1) is 42.1 Å². The molecule has 10 rings (SSSR count). The number of rotatable bonds is 11. The summed E-state index contributed by atoms with van der Waals surface area (Å²) in [6.07, 6.45) is 2.47. The molecule has 8 atom stereocenters. The number of anilines is 1. The summed E-state index contributed by atoms with van der Waals surface area (Å²) in [5.74, 6) is 4.96. The summed E-state index contributed by atoms with van der Waals surface area (Å²) in [5.41, 5.74) is 17.2. The van der Waals surface area contributed by atoms with E-state index in [1.807, 2.05) is 45.0 Å². The van der Waals surface area contributed by atoms with E-state index in [4.69, 9.17) is 24.9 Å². The minimum absolute atomic E-state index is 0.0352. The first-order valence-electron chi connectivity index (χ1n) is 28.8. The van der Waals surface area contributed by atoms with Gasteiger partial charge in [-0.25, -0.2) is 13.8 Å². The van der Waals surface area contributed by atoms with E-state index in [1.165, 1.54) is 9.91 Å². The van der Waals surface area contributed by atoms with E-state index < -0.39 is 63.4 Å². The number of carbonyl (C=O) groups excluding carboxylic acids is 4. The Kier molecular flexibility index (Phi) is 16.9. The van der Waals surface area contributed by atoms with Crippen LogP contribution in [0.1, 0.15) is 101 Å². The molecule has 4 saturated heterocycles. The smallest absolute Gasteiger partial charge is 0.324 e. The van der Waals surface area contributed by atoms with Gasteiger partial charge in [0.25, 0.3) is 11.8 Å². The molecule has 19 heteroatoms. The van der Waals surface area contributed by atoms with E-state index in [0.717, 1.165) is 50.1 Å². The molecule has 7 heterocycles. The molecular formula is C63H78N8O10S. The van der Waals surface area contributed by atoms with Crippen LogP contribution in [0.2, 0.25) is 0 Å². The number of pyridine rings is 1. The lowest BCUT2D eigenvalue weighted by atomic mass is 9.84. The first-order chi connectivity index (χ1) is 39.1. The van der Waals surface area contributed by atoms with Gasteiger partial charge in [0.15, 0.2) is 9.84 Å². The first kappa shape index (κ1) is 58.4. The Bertz CT molecular complexity index is 3420. The van der Waals surface area contributed by atoms with Gasteiger partial charge in [0.2, 0.25) is 5.91 Å². The number of nitrogens with two attached hydrogens (primary N) is 1. The van der Waals surface area contributed by atoms with Gasteiger partial charge in [-0.15, -0.1) is 0 Å². The molecule has 5 N–H and O–H groups in total. The summed E-state index contributed by atoms with van der Waals surface area (Å²) >= 11 is 0. The molecule has 3 aromatic carbocycles. The number of sulfone groups is 1. The number of phenols is 1. The Morgan fingerprint density at radius 3 is 2.46 bits per heavy atom. The number of hydrazine groups is 1. The zero-order valence-corrected chi connectivity index (χ0v) is 49.2. The van der Waals surface area contributed by atoms with Crippen LogP contribution in [-0.2, 0) is 62.6 Å². The lowest BCUT2D eigenvalue weighted by Gasteiger charge is -2.37. The van der Waals surface area contributed by atoms with Gasteiger partial charge >= 0.3 is 5.97 Å². The number of amides is 3. The molecule has 5 aromatic rings. The number of nitrogens with zero attached hydrogens (tertiary/aromatic N) is 5. The van der Waals surface area contributed by atoms with E-state index in [9.17, 15) is 32.7 Å². The minimum atomic E-state index is -2.98. The number of cyclic esters (lactones) is 1. The Hall–Kier alpha value is -6.82. The number of likely N-dealkylation sites (N-methyl/N-ethyl adjacent to an activating group) is 1. The zero-order chi connectivity index (χ0) is 58.4. The van der Waals surface area contributed by atoms with E-state index in [2.05, 4.69) is 71.0 Å². The molecule has 2 aromatic heterocycles. The van der Waals surface area contributed by atoms with Crippen LogP contribution in [0.5, 0.6) is 5.75 Å². The highest BCUT2D eigenvalue weighted by molar-refractivity contribution is 7.91. The van der Waals surface area contributed by atoms with E-state index in [1.54, 1.807) is 44.6 Å². The van der Waals surface area contributed by atoms with E-state index in [-0.39, 0.29) is 66.4 Å². The second-order valence-corrected chi connectivity index (χ2v) is 26.5. The average molecular weight is 1140 g/mol. The maximum absolute atomic E-state index is 15.0. The second-order valence-electron chi connectivity index (χ2n) is 24.3. The Morgan fingerprint density at radius 2 is 1.76 bits per heavy atom. The minimum Gasteiger partial charge on any atom is -0.508 e. The Labute approximate surface area is 481 Å². The summed E-state index contributed by atoms with van der Waals surface area (Å²) in [6, 6.07) is 17.8. The van der Waals surface area contributed by atoms with Gasteiger partial charge in [0, 0.05) is 98.6 Å². The number of methoxy groups -OCH3 is 1. The molecule has 0 spiro atoms. The van der Waals surface area contributed by atoms with Crippen molar-refractivity contribution in [3.63, 3.8) is 0 Å². The largest absolute Gasteiger partial charge is 0.508 e. The van der Waals surface area contributed by atoms with Gasteiger partial charge < -0.3 is 39.8 Å². The second kappa shape index (κ2) is 23.8. The number of nitrogens with one attached hydrogen (secondary N) is 2. The van der Waals surface area contributed by atoms with Crippen LogP contribution in [0.4, 0.5) is 5.69 Å². The third-order valence-corrected chi connectivity index (χ3v) is 19.1. The van der Waals surface area contributed by atoms with E-state index in [0.29, 0.717) is 75.3 Å². The summed E-state index contributed by atoms with van der Waals surface area (Å²) < 4.78 is 45.1. The third kappa shape index (κ3) is 12.3. The topological polar surface area (TPSA) is 228 Å². The number of hydrogen-bond donors (Lipinski definition) is 4. The predicted molar refractivity (Wildman–Crippen MR) is 314 cm³/mol. The number of phenolic OH excluding ortho intramolecular Hbond substituents is 1. The quantitative estimate of drug-likeness (QED) is 0.0637. The number of benzene rings is 3. The number of aromatic nitrogens is 2. The maximum atomic E-state index is 15.0. The number of nitrogen functional groups attached to an aromatic ring is 1. The fourth-order valence-corrected chi connectivity index (χ4v) is 15.3. The number of aromatic hydroxyl groups is 1. The van der Waals surface area contributed by atoms with Crippen molar-refractivity contribution in [2.45, 2.75) is 116 Å². The van der Waals surface area contributed by atoms with E-state index >= 15 is 0 Å². The molecule has 4 fully saturated rings. The van der Waals surface area contributed by atoms with Crippen molar-refractivity contribution in [2.75, 3.05) is 70.8 Å². The zero-order valence-electron chi connectivity index (χ0n) is 48.4. The molecule has 0 radical (unpaired) electrons. The fourth-order valence-electron chi connectivity index (χ4n) is 13.1. The monoisotopic (exact) mass is 1140 g/mol. The van der Waals surface area contributed by atoms with Crippen molar-refractivity contribution in [2.24, 2.45) is 23.2 Å². The molecular weight excluding hydrogens is 1060 g/mol. The molecule has 82 heavy (non-hydrogen) atoms. The molecule has 3 amide bonds. The molecule has 18 nitrogen and oxygen atoms in total. The SMILES string of the molecule is CCn1c(-c2cc(C#CCN3CC4CS(=O)(=O)CC4C3)cnc2C(C)OC)c2c3cc(ccc31)-c1cc(O)cc(c1)CC(NC(=O)C(C(C)C)N(C)C(=O)C1OCCC1c1ccc(N)cc1)C(=O)N1CCCC(N1)C(=O)OCC(C)(C)C2. The van der Waals surface area contributed by atoms with Crippen LogP contribution in [-0.4, -0.2) is 151 Å². The summed E-state index contributed by atoms with van der Waals surface area (Å²) in [4.78, 5) is 67.2. The maximum Gasteiger partial charge on any atom is 0.324 e. The van der Waals surface area contributed by atoms with Gasteiger partial charge in [-0.3, -0.25) is 34.1 Å². The van der Waals surface area contributed by atoms with Crippen molar-refractivity contribution in [1.82, 2.24) is 35.1 Å². The lowest BCUT2D eigenvalue weighted by Crippen LogP contribution is -2.62. The number of fused-ring (bicyclic) bond motifs is 7. The number of ether oxygens (including phenoxy) is 3. The fraction of sp³-hybridized carbons (Fsp3) is 0.508. The standard InChI is InChI=1S/C63H78N8O10S/c1-9-70-54-19-16-42-29-49(54)51(57(70)50-26-39(31-65-55(50)38(4)79-8)12-10-21-69-32-44-34-82(77,78)35-45(44)33-69)30-63(5,6)36-81-62(76)52-13-11-22-71(67-52)60(74)53(27-40-24-43(42)28-47(72)25-40)66-59(73)56(37(2)3)68(7)61(75)58-48(20-23-80-58)41-14-17-46(64)18-15-41/h14-19,24-26,28-29,31,37-38,44-45,48,52-53,56,58,67,72H,9,11,13,20-23,27,30,32-36,64H2,1-8H3,(H,66,73). The highest BCUT2D eigenvalue weighted by Crippen LogP contribution is 2.43. The highest BCUT2D eigenvalue weighted by atomic mass is 32.2. The van der Waals surface area contributed by atoms with Crippen molar-refractivity contribution < 1.29 is 46.9 Å². The van der Waals surface area contributed by atoms with Gasteiger partial charge in [0.1, 0.15) is 30.0 Å². The highest BCUT2D eigenvalue weighted by Gasteiger charge is 2.45. The number of hydrogen-bond acceptors (Lipinski definition) is 14. The number of aryl methyl sites for hydroxylation is 1. The van der Waals surface area contributed by atoms with Crippen molar-refractivity contribution in [3.05, 3.63) is 101 Å². The summed E-state index contributed by atoms with van der Waals surface area (Å²) in [7, 11) is 0.270. The molecule has 0 saturated carbocycles. The van der Waals surface area contributed by atoms with Crippen molar-refractivity contribution >= 4 is 50.1 Å². The van der Waals surface area contributed by atoms with Crippen LogP contribution in [0.25, 0.3) is 33.3 Å². The number of esters is 1. The summed E-state index contributed by atoms with van der Waals surface area (Å²) in [5, 5.41) is 16.9. The van der Waals surface area contributed by atoms with Crippen LogP contribution >= 0.6 is 0 Å². The lowest BCUT2D eigenvalue weighted by molar-refractivity contribution is -0.155. The van der Waals surface area contributed by atoms with Crippen LogP contribution in [0.15, 0.2) is 72.9 Å². The molecule has 5 aliphatic rings. The molecule has 8 unspecified atom stereocenters. The Balaban J connectivity index is 1.02. The van der Waals surface area contributed by atoms with Crippen molar-refractivity contribution in [1.29, 1.82) is 0 Å². The Morgan fingerprint density at radius 1 is 1.01 bits per heavy atom. The van der Waals surface area contributed by atoms with Crippen LogP contribution in [0, 0.1) is 35.0 Å². The van der Waals surface area contributed by atoms with Gasteiger partial charge in [-0.05, 0) is 128 Å². The van der Waals surface area contributed by atoms with Crippen LogP contribution < -0.4 is 16.5 Å². The average Bonchev–Trinajstić information content (AvgIpc) is 3.14. The van der Waals surface area contributed by atoms with Crippen molar-refractivity contribution in [3.8, 4) is 40.0 Å². The molecule has 5 aliphatic heterocycles. The molecule has 0 aliphatic carbocycles. The molecule has 6 bridgehead atoms. The van der Waals surface area contributed by atoms with Crippen LogP contribution in [0.3, 0.4) is 0 Å².